The number of amides is 1. The van der Waals surface area contributed by atoms with Crippen LogP contribution in [0.15, 0.2) is 22.7 Å². The van der Waals surface area contributed by atoms with Crippen LogP contribution in [-0.2, 0) is 4.79 Å². The van der Waals surface area contributed by atoms with Gasteiger partial charge in [-0.1, -0.05) is 36.7 Å². The molecule has 0 bridgehead atoms. The molecule has 0 fully saturated rings. The van der Waals surface area contributed by atoms with Crippen LogP contribution in [-0.4, -0.2) is 23.0 Å². The van der Waals surface area contributed by atoms with Gasteiger partial charge in [-0.3, -0.25) is 4.79 Å². The molecule has 0 spiro atoms. The third-order valence-electron chi connectivity index (χ3n) is 2.56. The van der Waals surface area contributed by atoms with Crippen molar-refractivity contribution >= 4 is 50.4 Å². The Kier molecular flexibility index (Phi) is 5.37. The van der Waals surface area contributed by atoms with Gasteiger partial charge in [-0.25, -0.2) is 4.79 Å². The second kappa shape index (κ2) is 6.21. The Morgan fingerprint density at radius 1 is 1.37 bits per heavy atom. The summed E-state index contributed by atoms with van der Waals surface area (Å²) >= 11 is 5.35. The molecule has 4 nitrogen and oxygen atoms in total. The minimum Gasteiger partial charge on any atom is -0.480 e. The fourth-order valence-corrected chi connectivity index (χ4v) is 2.47. The zero-order valence-corrected chi connectivity index (χ0v) is 14.6. The van der Waals surface area contributed by atoms with Gasteiger partial charge < -0.3 is 10.4 Å². The molecule has 2 N–H and O–H groups in total. The van der Waals surface area contributed by atoms with Crippen LogP contribution in [0.2, 0.25) is 0 Å². The van der Waals surface area contributed by atoms with Crippen molar-refractivity contribution in [1.82, 2.24) is 5.32 Å². The summed E-state index contributed by atoms with van der Waals surface area (Å²) in [5.41, 5.74) is -0.0932. The summed E-state index contributed by atoms with van der Waals surface area (Å²) in [4.78, 5) is 23.4. The number of carbonyl (C=O) groups excluding carboxylic acids is 1. The van der Waals surface area contributed by atoms with Crippen molar-refractivity contribution < 1.29 is 14.7 Å². The topological polar surface area (TPSA) is 66.4 Å². The molecule has 1 aromatic carbocycles. The van der Waals surface area contributed by atoms with E-state index in [2.05, 4.69) is 21.2 Å². The Balaban J connectivity index is 3.01. The van der Waals surface area contributed by atoms with E-state index in [1.807, 2.05) is 28.7 Å². The van der Waals surface area contributed by atoms with E-state index in [1.165, 1.54) is 0 Å². The summed E-state index contributed by atoms with van der Waals surface area (Å²) in [5, 5.41) is 11.8. The molecule has 0 aromatic heterocycles. The van der Waals surface area contributed by atoms with Crippen molar-refractivity contribution in [2.24, 2.45) is 5.41 Å². The lowest BCUT2D eigenvalue weighted by Gasteiger charge is -2.27. The third kappa shape index (κ3) is 4.45. The molecule has 1 aromatic rings. The molecule has 1 rings (SSSR count). The van der Waals surface area contributed by atoms with Crippen molar-refractivity contribution in [2.75, 3.05) is 0 Å². The molecule has 0 aliphatic heterocycles. The van der Waals surface area contributed by atoms with Crippen LogP contribution in [0.3, 0.4) is 0 Å². The van der Waals surface area contributed by atoms with Gasteiger partial charge in [-0.05, 0) is 46.2 Å². The standard InChI is InChI=1S/C13H15BrINO3/c1-13(2,3)10(12(18)19)16-11(17)8-6-7(14)4-5-9(8)15/h4-6,10H,1-3H3,(H,16,17)(H,18,19)/t10-/m0/s1. The first kappa shape index (κ1) is 16.4. The molecular formula is C13H15BrINO3. The number of nitrogens with one attached hydrogen (secondary N) is 1. The minimum atomic E-state index is -1.04. The number of rotatable bonds is 3. The zero-order valence-electron chi connectivity index (χ0n) is 10.8. The predicted octanol–water partition coefficient (Wildman–Crippen LogP) is 3.28. The van der Waals surface area contributed by atoms with Crippen LogP contribution in [0.5, 0.6) is 0 Å². The van der Waals surface area contributed by atoms with E-state index in [0.29, 0.717) is 5.56 Å². The number of carboxylic acids is 1. The van der Waals surface area contributed by atoms with Crippen LogP contribution in [0.1, 0.15) is 31.1 Å². The average molecular weight is 440 g/mol. The van der Waals surface area contributed by atoms with Crippen LogP contribution in [0, 0.1) is 8.99 Å². The van der Waals surface area contributed by atoms with Crippen LogP contribution in [0.4, 0.5) is 0 Å². The fraction of sp³-hybridized carbons (Fsp3) is 0.385. The average Bonchev–Trinajstić information content (AvgIpc) is 2.26. The Morgan fingerprint density at radius 3 is 2.42 bits per heavy atom. The summed E-state index contributed by atoms with van der Waals surface area (Å²) in [6, 6.07) is 4.37. The molecule has 104 valence electrons. The van der Waals surface area contributed by atoms with Crippen molar-refractivity contribution in [2.45, 2.75) is 26.8 Å². The molecule has 0 radical (unpaired) electrons. The molecule has 0 heterocycles. The molecule has 1 atom stereocenters. The molecule has 0 aliphatic rings. The minimum absolute atomic E-state index is 0.381. The maximum atomic E-state index is 12.2. The lowest BCUT2D eigenvalue weighted by Crippen LogP contribution is -2.49. The number of aliphatic carboxylic acids is 1. The number of carboxylic acid groups (broad SMARTS) is 1. The highest BCUT2D eigenvalue weighted by Gasteiger charge is 2.33. The molecule has 6 heteroatoms. The van der Waals surface area contributed by atoms with Gasteiger partial charge in [0.1, 0.15) is 6.04 Å². The van der Waals surface area contributed by atoms with Gasteiger partial charge in [-0.2, -0.15) is 0 Å². The second-order valence-electron chi connectivity index (χ2n) is 5.23. The van der Waals surface area contributed by atoms with E-state index in [9.17, 15) is 14.7 Å². The maximum Gasteiger partial charge on any atom is 0.326 e. The Morgan fingerprint density at radius 2 is 1.95 bits per heavy atom. The van der Waals surface area contributed by atoms with Crippen LogP contribution >= 0.6 is 38.5 Å². The molecule has 0 aliphatic carbocycles. The number of halogens is 2. The van der Waals surface area contributed by atoms with E-state index in [1.54, 1.807) is 32.9 Å². The lowest BCUT2D eigenvalue weighted by molar-refractivity contribution is -0.142. The summed E-state index contributed by atoms with van der Waals surface area (Å²) in [6.07, 6.45) is 0. The first-order chi connectivity index (χ1) is 8.62. The van der Waals surface area contributed by atoms with Gasteiger partial charge in [-0.15, -0.1) is 0 Å². The molecule has 19 heavy (non-hydrogen) atoms. The third-order valence-corrected chi connectivity index (χ3v) is 4.00. The Labute approximate surface area is 134 Å². The molecular weight excluding hydrogens is 425 g/mol. The van der Waals surface area contributed by atoms with E-state index in [0.717, 1.165) is 8.04 Å². The van der Waals surface area contributed by atoms with Crippen molar-refractivity contribution in [3.63, 3.8) is 0 Å². The van der Waals surface area contributed by atoms with Crippen LogP contribution in [0.25, 0.3) is 0 Å². The smallest absolute Gasteiger partial charge is 0.326 e. The van der Waals surface area contributed by atoms with E-state index >= 15 is 0 Å². The SMILES string of the molecule is CC(C)(C)[C@@H](NC(=O)c1cc(Br)ccc1I)C(=O)O. The Bertz CT molecular complexity index is 511. The summed E-state index contributed by atoms with van der Waals surface area (Å²) in [6.45, 7) is 5.33. The normalized spacial score (nSPS) is 12.9. The predicted molar refractivity (Wildman–Crippen MR) is 85.2 cm³/mol. The van der Waals surface area contributed by atoms with Gasteiger partial charge in [0.15, 0.2) is 0 Å². The van der Waals surface area contributed by atoms with Gasteiger partial charge in [0, 0.05) is 8.04 Å². The number of hydrogen-bond donors (Lipinski definition) is 2. The molecule has 1 amide bonds. The highest BCUT2D eigenvalue weighted by atomic mass is 127. The first-order valence-corrected chi connectivity index (χ1v) is 7.49. The first-order valence-electron chi connectivity index (χ1n) is 5.61. The van der Waals surface area contributed by atoms with Crippen molar-refractivity contribution in [3.05, 3.63) is 31.8 Å². The molecule has 0 saturated carbocycles. The highest BCUT2D eigenvalue weighted by molar-refractivity contribution is 14.1. The molecule has 0 saturated heterocycles. The number of hydrogen-bond acceptors (Lipinski definition) is 2. The van der Waals surface area contributed by atoms with E-state index < -0.39 is 17.4 Å². The van der Waals surface area contributed by atoms with Crippen LogP contribution < -0.4 is 5.32 Å². The van der Waals surface area contributed by atoms with Gasteiger partial charge in [0.25, 0.3) is 5.91 Å². The van der Waals surface area contributed by atoms with E-state index in [4.69, 9.17) is 0 Å². The largest absolute Gasteiger partial charge is 0.480 e. The van der Waals surface area contributed by atoms with Gasteiger partial charge >= 0.3 is 5.97 Å². The Hall–Kier alpha value is -0.630. The van der Waals surface area contributed by atoms with E-state index in [-0.39, 0.29) is 5.91 Å². The zero-order chi connectivity index (χ0) is 14.8. The summed E-state index contributed by atoms with van der Waals surface area (Å²) in [5.74, 6) is -1.42. The fourth-order valence-electron chi connectivity index (χ4n) is 1.53. The quantitative estimate of drug-likeness (QED) is 0.710. The second-order valence-corrected chi connectivity index (χ2v) is 7.31. The highest BCUT2D eigenvalue weighted by Crippen LogP contribution is 2.22. The number of benzene rings is 1. The van der Waals surface area contributed by atoms with Gasteiger partial charge in [0.2, 0.25) is 0 Å². The lowest BCUT2D eigenvalue weighted by atomic mass is 9.86. The monoisotopic (exact) mass is 439 g/mol. The summed E-state index contributed by atoms with van der Waals surface area (Å²) in [7, 11) is 0. The molecule has 0 unspecified atom stereocenters. The van der Waals surface area contributed by atoms with Crippen molar-refractivity contribution in [1.29, 1.82) is 0 Å². The van der Waals surface area contributed by atoms with Crippen molar-refractivity contribution in [3.8, 4) is 0 Å². The maximum absolute atomic E-state index is 12.2. The van der Waals surface area contributed by atoms with Gasteiger partial charge in [0.05, 0.1) is 5.56 Å². The number of carbonyl (C=O) groups is 2. The summed E-state index contributed by atoms with van der Waals surface area (Å²) < 4.78 is 1.55.